The summed E-state index contributed by atoms with van der Waals surface area (Å²) >= 11 is 0. The van der Waals surface area contributed by atoms with Crippen molar-refractivity contribution in [1.29, 1.82) is 0 Å². The van der Waals surface area contributed by atoms with E-state index in [-0.39, 0.29) is 29.5 Å². The van der Waals surface area contributed by atoms with Gasteiger partial charge in [-0.05, 0) is 46.7 Å². The van der Waals surface area contributed by atoms with Gasteiger partial charge in [-0.2, -0.15) is 0 Å². The van der Waals surface area contributed by atoms with Crippen LogP contribution in [0.25, 0.3) is 0 Å². The van der Waals surface area contributed by atoms with E-state index in [2.05, 4.69) is 34.6 Å². The second-order valence-corrected chi connectivity index (χ2v) is 5.99. The van der Waals surface area contributed by atoms with Gasteiger partial charge in [0.25, 0.3) is 0 Å². The molecule has 1 aliphatic rings. The van der Waals surface area contributed by atoms with Crippen molar-refractivity contribution in [3.8, 4) is 0 Å². The van der Waals surface area contributed by atoms with Crippen LogP contribution in [0.4, 0.5) is 0 Å². The van der Waals surface area contributed by atoms with Gasteiger partial charge in [0.2, 0.25) is 0 Å². The van der Waals surface area contributed by atoms with E-state index in [4.69, 9.17) is 9.47 Å². The topological polar surface area (TPSA) is 58.1 Å². The zero-order valence-corrected chi connectivity index (χ0v) is 17.5. The van der Waals surface area contributed by atoms with Crippen LogP contribution in [-0.4, -0.2) is 77.1 Å². The highest BCUT2D eigenvalue weighted by atomic mass is 127. The third-order valence-electron chi connectivity index (χ3n) is 4.39. The minimum absolute atomic E-state index is 0. The average molecular weight is 442 g/mol. The summed E-state index contributed by atoms with van der Waals surface area (Å²) < 4.78 is 10.8. The molecule has 0 unspecified atom stereocenters. The largest absolute Gasteiger partial charge is 0.382 e. The van der Waals surface area contributed by atoms with Crippen molar-refractivity contribution in [3.05, 3.63) is 0 Å². The molecule has 138 valence electrons. The van der Waals surface area contributed by atoms with Gasteiger partial charge < -0.3 is 25.0 Å². The van der Waals surface area contributed by atoms with Crippen molar-refractivity contribution in [2.24, 2.45) is 4.99 Å². The van der Waals surface area contributed by atoms with Gasteiger partial charge in [0.05, 0.1) is 0 Å². The SMILES string of the molecule is CCOCCCCNC(=NC)NCC1(N(C)C)CCOCC1.I. The Morgan fingerprint density at radius 1 is 1.22 bits per heavy atom. The minimum atomic E-state index is 0. The predicted octanol–water partition coefficient (Wildman–Crippen LogP) is 1.70. The lowest BCUT2D eigenvalue weighted by Gasteiger charge is -2.43. The third-order valence-corrected chi connectivity index (χ3v) is 4.39. The van der Waals surface area contributed by atoms with Crippen molar-refractivity contribution in [2.75, 3.05) is 60.7 Å². The summed E-state index contributed by atoms with van der Waals surface area (Å²) in [7, 11) is 6.12. The number of hydrogen-bond donors (Lipinski definition) is 2. The molecule has 0 saturated carbocycles. The molecule has 1 rings (SSSR count). The van der Waals surface area contributed by atoms with Gasteiger partial charge in [-0.3, -0.25) is 4.99 Å². The maximum absolute atomic E-state index is 5.51. The number of nitrogens with one attached hydrogen (secondary N) is 2. The van der Waals surface area contributed by atoms with Crippen molar-refractivity contribution in [2.45, 2.75) is 38.1 Å². The molecule has 0 atom stereocenters. The highest BCUT2D eigenvalue weighted by Gasteiger charge is 2.34. The number of likely N-dealkylation sites (N-methyl/N-ethyl adjacent to an activating group) is 1. The Bertz CT molecular complexity index is 321. The Kier molecular flexibility index (Phi) is 13.1. The van der Waals surface area contributed by atoms with Gasteiger partial charge in [-0.15, -0.1) is 24.0 Å². The second-order valence-electron chi connectivity index (χ2n) is 5.99. The average Bonchev–Trinajstić information content (AvgIpc) is 2.54. The van der Waals surface area contributed by atoms with Gasteiger partial charge in [0.15, 0.2) is 5.96 Å². The van der Waals surface area contributed by atoms with E-state index in [1.165, 1.54) is 0 Å². The molecule has 1 heterocycles. The second kappa shape index (κ2) is 13.2. The summed E-state index contributed by atoms with van der Waals surface area (Å²) in [5.74, 6) is 0.879. The van der Waals surface area contributed by atoms with Crippen molar-refractivity contribution in [1.82, 2.24) is 15.5 Å². The maximum Gasteiger partial charge on any atom is 0.191 e. The lowest BCUT2D eigenvalue weighted by atomic mass is 9.88. The van der Waals surface area contributed by atoms with Crippen molar-refractivity contribution >= 4 is 29.9 Å². The Balaban J connectivity index is 0.00000484. The number of hydrogen-bond acceptors (Lipinski definition) is 4. The lowest BCUT2D eigenvalue weighted by molar-refractivity contribution is -0.00501. The van der Waals surface area contributed by atoms with E-state index in [1.54, 1.807) is 0 Å². The molecule has 0 radical (unpaired) electrons. The quantitative estimate of drug-likeness (QED) is 0.247. The van der Waals surface area contributed by atoms with E-state index in [9.17, 15) is 0 Å². The predicted molar refractivity (Wildman–Crippen MR) is 107 cm³/mol. The van der Waals surface area contributed by atoms with Crippen molar-refractivity contribution in [3.63, 3.8) is 0 Å². The van der Waals surface area contributed by atoms with Gasteiger partial charge >= 0.3 is 0 Å². The van der Waals surface area contributed by atoms with Crippen LogP contribution in [0.1, 0.15) is 32.6 Å². The summed E-state index contributed by atoms with van der Waals surface area (Å²) in [6, 6.07) is 0. The Hall–Kier alpha value is -0.120. The van der Waals surface area contributed by atoms with E-state index in [0.717, 1.165) is 71.2 Å². The van der Waals surface area contributed by atoms with Gasteiger partial charge in [0, 0.05) is 52.1 Å². The first-order chi connectivity index (χ1) is 10.6. The zero-order chi connectivity index (χ0) is 16.3. The number of unbranched alkanes of at least 4 members (excludes halogenated alkanes) is 1. The van der Waals surface area contributed by atoms with Crippen LogP contribution >= 0.6 is 24.0 Å². The first-order valence-corrected chi connectivity index (χ1v) is 8.42. The number of aliphatic imine (C=N–C) groups is 1. The standard InChI is InChI=1S/C16H34N4O2.HI/c1-5-21-11-7-6-10-18-15(17-2)19-14-16(20(3)4)8-12-22-13-9-16;/h5-14H2,1-4H3,(H2,17,18,19);1H. The fourth-order valence-corrected chi connectivity index (χ4v) is 2.68. The van der Waals surface area contributed by atoms with Crippen LogP contribution in [-0.2, 0) is 9.47 Å². The molecule has 23 heavy (non-hydrogen) atoms. The molecule has 0 aliphatic carbocycles. The fourth-order valence-electron chi connectivity index (χ4n) is 2.68. The summed E-state index contributed by atoms with van der Waals surface area (Å²) in [5, 5.41) is 6.85. The highest BCUT2D eigenvalue weighted by molar-refractivity contribution is 14.0. The molecule has 0 aromatic rings. The molecule has 0 spiro atoms. The van der Waals surface area contributed by atoms with Crippen LogP contribution in [0.3, 0.4) is 0 Å². The monoisotopic (exact) mass is 442 g/mol. The van der Waals surface area contributed by atoms with Crippen molar-refractivity contribution < 1.29 is 9.47 Å². The molecule has 0 amide bonds. The van der Waals surface area contributed by atoms with Crippen LogP contribution in [0.5, 0.6) is 0 Å². The molecular weight excluding hydrogens is 407 g/mol. The lowest BCUT2D eigenvalue weighted by Crippen LogP contribution is -2.57. The van der Waals surface area contributed by atoms with Crippen LogP contribution in [0, 0.1) is 0 Å². The highest BCUT2D eigenvalue weighted by Crippen LogP contribution is 2.24. The first kappa shape index (κ1) is 22.9. The number of rotatable bonds is 9. The summed E-state index contributed by atoms with van der Waals surface area (Å²) in [6.07, 6.45) is 4.28. The number of nitrogens with zero attached hydrogens (tertiary/aromatic N) is 2. The minimum Gasteiger partial charge on any atom is -0.382 e. The van der Waals surface area contributed by atoms with E-state index in [1.807, 2.05) is 14.0 Å². The number of guanidine groups is 1. The molecule has 6 nitrogen and oxygen atoms in total. The number of ether oxygens (including phenoxy) is 2. The zero-order valence-electron chi connectivity index (χ0n) is 15.2. The van der Waals surface area contributed by atoms with E-state index >= 15 is 0 Å². The Labute approximate surface area is 158 Å². The molecular formula is C16H35IN4O2. The third kappa shape index (κ3) is 8.51. The normalized spacial score (nSPS) is 17.7. The summed E-state index contributed by atoms with van der Waals surface area (Å²) in [4.78, 5) is 6.63. The molecule has 1 aliphatic heterocycles. The molecule has 2 N–H and O–H groups in total. The Morgan fingerprint density at radius 3 is 2.48 bits per heavy atom. The molecule has 0 aromatic heterocycles. The van der Waals surface area contributed by atoms with Crippen LogP contribution in [0.2, 0.25) is 0 Å². The van der Waals surface area contributed by atoms with Crippen LogP contribution < -0.4 is 10.6 Å². The van der Waals surface area contributed by atoms with Gasteiger partial charge in [-0.1, -0.05) is 0 Å². The molecule has 0 aromatic carbocycles. The molecule has 7 heteroatoms. The molecule has 0 bridgehead atoms. The van der Waals surface area contributed by atoms with Gasteiger partial charge in [-0.25, -0.2) is 0 Å². The number of halogens is 1. The molecule has 1 fully saturated rings. The summed E-state index contributed by atoms with van der Waals surface area (Å²) in [6.45, 7) is 7.15. The van der Waals surface area contributed by atoms with Crippen LogP contribution in [0.15, 0.2) is 4.99 Å². The summed E-state index contributed by atoms with van der Waals surface area (Å²) in [5.41, 5.74) is 0.158. The Morgan fingerprint density at radius 2 is 1.91 bits per heavy atom. The van der Waals surface area contributed by atoms with E-state index in [0.29, 0.717) is 0 Å². The molecule has 1 saturated heterocycles. The van der Waals surface area contributed by atoms with Gasteiger partial charge in [0.1, 0.15) is 0 Å². The fraction of sp³-hybridized carbons (Fsp3) is 0.938. The smallest absolute Gasteiger partial charge is 0.191 e. The van der Waals surface area contributed by atoms with E-state index < -0.39 is 0 Å². The maximum atomic E-state index is 5.51. The first-order valence-electron chi connectivity index (χ1n) is 8.42.